The molecule has 0 aliphatic rings. The Bertz CT molecular complexity index is 1860. The lowest BCUT2D eigenvalue weighted by Crippen LogP contribution is -2.00. The number of halogens is 1. The minimum atomic E-state index is 0.592. The van der Waals surface area contributed by atoms with Crippen LogP contribution in [0.4, 0.5) is 0 Å². The Morgan fingerprint density at radius 3 is 1.38 bits per heavy atom. The number of hydrogen-bond acceptors (Lipinski definition) is 3. The van der Waals surface area contributed by atoms with Crippen molar-refractivity contribution in [3.63, 3.8) is 0 Å². The van der Waals surface area contributed by atoms with Crippen molar-refractivity contribution in [2.75, 3.05) is 0 Å². The highest BCUT2D eigenvalue weighted by Crippen LogP contribution is 2.32. The number of benzene rings is 6. The highest BCUT2D eigenvalue weighted by molar-refractivity contribution is 6.35. The number of hydrogen-bond donors (Lipinski definition) is 0. The minimum Gasteiger partial charge on any atom is -0.208 e. The molecule has 0 saturated carbocycles. The van der Waals surface area contributed by atoms with E-state index in [2.05, 4.69) is 72.8 Å². The molecule has 1 aromatic heterocycles. The molecule has 174 valence electrons. The summed E-state index contributed by atoms with van der Waals surface area (Å²) in [5.41, 5.74) is 2.74. The summed E-state index contributed by atoms with van der Waals surface area (Å²) in [5.74, 6) is 1.85. The zero-order chi connectivity index (χ0) is 24.8. The number of aromatic nitrogens is 3. The van der Waals surface area contributed by atoms with Gasteiger partial charge in [0.05, 0.1) is 0 Å². The van der Waals surface area contributed by atoms with Gasteiger partial charge in [0, 0.05) is 27.1 Å². The molecule has 4 heteroatoms. The van der Waals surface area contributed by atoms with Crippen molar-refractivity contribution in [3.05, 3.63) is 126 Å². The molecule has 37 heavy (non-hydrogen) atoms. The van der Waals surface area contributed by atoms with Crippen LogP contribution in [0.25, 0.3) is 66.5 Å². The summed E-state index contributed by atoms with van der Waals surface area (Å²) in [4.78, 5) is 14.8. The Labute approximate surface area is 219 Å². The molecule has 7 rings (SSSR count). The van der Waals surface area contributed by atoms with Crippen LogP contribution in [-0.4, -0.2) is 15.0 Å². The van der Waals surface area contributed by atoms with Crippen LogP contribution < -0.4 is 0 Å². The number of nitrogens with zero attached hydrogens (tertiary/aromatic N) is 3. The normalized spacial score (nSPS) is 11.4. The van der Waals surface area contributed by atoms with Gasteiger partial charge in [-0.15, -0.1) is 0 Å². The summed E-state index contributed by atoms with van der Waals surface area (Å²) >= 11 is 6.69. The maximum absolute atomic E-state index is 6.69. The predicted molar refractivity (Wildman–Crippen MR) is 154 cm³/mol. The second-order valence-corrected chi connectivity index (χ2v) is 9.52. The quantitative estimate of drug-likeness (QED) is 0.246. The van der Waals surface area contributed by atoms with Crippen LogP contribution in [0.2, 0.25) is 5.02 Å². The van der Waals surface area contributed by atoms with Crippen molar-refractivity contribution in [2.45, 2.75) is 0 Å². The Hall–Kier alpha value is -4.60. The third-order valence-electron chi connectivity index (χ3n) is 6.72. The Morgan fingerprint density at radius 1 is 0.378 bits per heavy atom. The van der Waals surface area contributed by atoms with E-state index in [9.17, 15) is 0 Å². The van der Waals surface area contributed by atoms with Crippen LogP contribution in [0.5, 0.6) is 0 Å². The summed E-state index contributed by atoms with van der Waals surface area (Å²) in [6.45, 7) is 0. The standard InChI is InChI=1S/C33H20ClN3/c34-30-20-28(19-25-11-5-6-12-29(25)30)33-36-31(26-15-13-21-7-1-3-9-23(21)17-26)35-32(37-33)27-16-14-22-8-2-4-10-24(22)18-27/h1-20H. The fourth-order valence-corrected chi connectivity index (χ4v) is 5.10. The first-order valence-electron chi connectivity index (χ1n) is 12.1. The molecule has 0 N–H and O–H groups in total. The largest absolute Gasteiger partial charge is 0.208 e. The van der Waals surface area contributed by atoms with Gasteiger partial charge < -0.3 is 0 Å². The van der Waals surface area contributed by atoms with Crippen LogP contribution in [-0.2, 0) is 0 Å². The van der Waals surface area contributed by atoms with Gasteiger partial charge in [-0.3, -0.25) is 0 Å². The molecule has 0 amide bonds. The van der Waals surface area contributed by atoms with E-state index in [1.165, 1.54) is 10.8 Å². The monoisotopic (exact) mass is 493 g/mol. The van der Waals surface area contributed by atoms with Gasteiger partial charge in [0.1, 0.15) is 0 Å². The number of fused-ring (bicyclic) bond motifs is 3. The Balaban J connectivity index is 1.46. The maximum Gasteiger partial charge on any atom is 0.164 e. The van der Waals surface area contributed by atoms with Crippen LogP contribution >= 0.6 is 11.6 Å². The van der Waals surface area contributed by atoms with Gasteiger partial charge in [-0.05, 0) is 51.2 Å². The summed E-state index contributed by atoms with van der Waals surface area (Å²) < 4.78 is 0. The van der Waals surface area contributed by atoms with E-state index in [1.54, 1.807) is 0 Å². The minimum absolute atomic E-state index is 0.592. The van der Waals surface area contributed by atoms with E-state index in [4.69, 9.17) is 26.6 Å². The maximum atomic E-state index is 6.69. The van der Waals surface area contributed by atoms with Gasteiger partial charge in [-0.2, -0.15) is 0 Å². The SMILES string of the molecule is Clc1cc(-c2nc(-c3ccc4ccccc4c3)nc(-c3ccc4ccccc4c3)n2)cc2ccccc12. The molecule has 0 fully saturated rings. The van der Waals surface area contributed by atoms with E-state index < -0.39 is 0 Å². The third-order valence-corrected chi connectivity index (χ3v) is 7.03. The van der Waals surface area contributed by atoms with E-state index >= 15 is 0 Å². The molecule has 0 aliphatic heterocycles. The topological polar surface area (TPSA) is 38.7 Å². The summed E-state index contributed by atoms with van der Waals surface area (Å²) in [6, 6.07) is 41.3. The van der Waals surface area contributed by atoms with Gasteiger partial charge in [0.2, 0.25) is 0 Å². The van der Waals surface area contributed by atoms with Crippen molar-refractivity contribution in [2.24, 2.45) is 0 Å². The molecule has 0 radical (unpaired) electrons. The Morgan fingerprint density at radius 2 is 0.811 bits per heavy atom. The molecule has 0 saturated heterocycles. The van der Waals surface area contributed by atoms with Crippen molar-refractivity contribution >= 4 is 43.9 Å². The summed E-state index contributed by atoms with van der Waals surface area (Å²) in [7, 11) is 0. The molecular weight excluding hydrogens is 474 g/mol. The first-order chi connectivity index (χ1) is 18.2. The summed E-state index contributed by atoms with van der Waals surface area (Å²) in [6.07, 6.45) is 0. The zero-order valence-corrected chi connectivity index (χ0v) is 20.5. The van der Waals surface area contributed by atoms with Crippen LogP contribution in [0.1, 0.15) is 0 Å². The van der Waals surface area contributed by atoms with Gasteiger partial charge in [-0.25, -0.2) is 15.0 Å². The fraction of sp³-hybridized carbons (Fsp3) is 0. The van der Waals surface area contributed by atoms with Crippen molar-refractivity contribution in [1.29, 1.82) is 0 Å². The molecular formula is C33H20ClN3. The molecule has 0 aliphatic carbocycles. The molecule has 0 atom stereocenters. The molecule has 6 aromatic carbocycles. The van der Waals surface area contributed by atoms with Gasteiger partial charge in [0.25, 0.3) is 0 Å². The first kappa shape index (κ1) is 21.7. The lowest BCUT2D eigenvalue weighted by Gasteiger charge is -2.11. The van der Waals surface area contributed by atoms with Gasteiger partial charge in [0.15, 0.2) is 17.5 Å². The molecule has 0 spiro atoms. The second-order valence-electron chi connectivity index (χ2n) is 9.11. The zero-order valence-electron chi connectivity index (χ0n) is 19.8. The van der Waals surface area contributed by atoms with E-state index in [0.717, 1.165) is 38.2 Å². The van der Waals surface area contributed by atoms with Gasteiger partial charge in [-0.1, -0.05) is 109 Å². The van der Waals surface area contributed by atoms with Crippen molar-refractivity contribution < 1.29 is 0 Å². The predicted octanol–water partition coefficient (Wildman–Crippen LogP) is 8.99. The summed E-state index contributed by atoms with van der Waals surface area (Å²) in [5, 5.41) is 7.36. The highest BCUT2D eigenvalue weighted by Gasteiger charge is 2.14. The molecule has 1 heterocycles. The Kier molecular flexibility index (Phi) is 5.16. The lowest BCUT2D eigenvalue weighted by molar-refractivity contribution is 1.08. The van der Waals surface area contributed by atoms with E-state index in [0.29, 0.717) is 22.5 Å². The first-order valence-corrected chi connectivity index (χ1v) is 12.5. The fourth-order valence-electron chi connectivity index (χ4n) is 4.81. The van der Waals surface area contributed by atoms with Crippen LogP contribution in [0.15, 0.2) is 121 Å². The lowest BCUT2D eigenvalue weighted by atomic mass is 10.0. The second kappa shape index (κ2) is 8.81. The van der Waals surface area contributed by atoms with E-state index in [1.807, 2.05) is 48.5 Å². The van der Waals surface area contributed by atoms with Gasteiger partial charge >= 0.3 is 0 Å². The van der Waals surface area contributed by atoms with E-state index in [-0.39, 0.29) is 0 Å². The molecule has 0 unspecified atom stereocenters. The van der Waals surface area contributed by atoms with Crippen LogP contribution in [0.3, 0.4) is 0 Å². The molecule has 0 bridgehead atoms. The third kappa shape index (κ3) is 4.00. The molecule has 7 aromatic rings. The van der Waals surface area contributed by atoms with Crippen LogP contribution in [0, 0.1) is 0 Å². The molecule has 3 nitrogen and oxygen atoms in total. The number of rotatable bonds is 3. The smallest absolute Gasteiger partial charge is 0.164 e. The van der Waals surface area contributed by atoms with Crippen molar-refractivity contribution in [1.82, 2.24) is 15.0 Å². The average molecular weight is 494 g/mol. The van der Waals surface area contributed by atoms with Crippen molar-refractivity contribution in [3.8, 4) is 34.2 Å². The highest BCUT2D eigenvalue weighted by atomic mass is 35.5. The average Bonchev–Trinajstić information content (AvgIpc) is 2.96.